The lowest BCUT2D eigenvalue weighted by Gasteiger charge is -2.27. The summed E-state index contributed by atoms with van der Waals surface area (Å²) in [6.07, 6.45) is -3.23. The van der Waals surface area contributed by atoms with Gasteiger partial charge >= 0.3 is 6.18 Å². The van der Waals surface area contributed by atoms with Gasteiger partial charge in [0.05, 0.1) is 6.42 Å². The number of carbonyl (C=O) groups is 1. The Balaban J connectivity index is 2.61. The summed E-state index contributed by atoms with van der Waals surface area (Å²) in [6, 6.07) is 0. The van der Waals surface area contributed by atoms with Gasteiger partial charge in [-0.05, 0) is 25.7 Å². The van der Waals surface area contributed by atoms with Crippen molar-refractivity contribution in [1.29, 1.82) is 0 Å². The largest absolute Gasteiger partial charge is 0.461 e. The highest BCUT2D eigenvalue weighted by molar-refractivity contribution is 5.38. The summed E-state index contributed by atoms with van der Waals surface area (Å²) < 4.78 is 40.8. The van der Waals surface area contributed by atoms with E-state index >= 15 is 0 Å². The third-order valence-electron chi connectivity index (χ3n) is 2.34. The van der Waals surface area contributed by atoms with Crippen LogP contribution in [0.4, 0.5) is 13.2 Å². The molecule has 0 spiro atoms. The van der Waals surface area contributed by atoms with Crippen LogP contribution in [0.15, 0.2) is 0 Å². The van der Waals surface area contributed by atoms with E-state index in [1.54, 1.807) is 0 Å². The third-order valence-corrected chi connectivity index (χ3v) is 2.34. The van der Waals surface area contributed by atoms with Crippen LogP contribution in [0.5, 0.6) is 0 Å². The Labute approximate surface area is 74.1 Å². The summed E-state index contributed by atoms with van der Waals surface area (Å²) in [5, 5.41) is 0. The number of ether oxygens (including phenoxy) is 1. The van der Waals surface area contributed by atoms with Gasteiger partial charge < -0.3 is 4.74 Å². The minimum Gasteiger partial charge on any atom is -0.461 e. The van der Waals surface area contributed by atoms with E-state index in [9.17, 15) is 18.0 Å². The molecule has 0 radical (unpaired) electrons. The Bertz CT molecular complexity index is 182. The molecule has 2 nitrogen and oxygen atoms in total. The predicted octanol–water partition coefficient (Wildman–Crippen LogP) is 2.42. The van der Waals surface area contributed by atoms with Gasteiger partial charge in [-0.25, -0.2) is 0 Å². The molecule has 0 bridgehead atoms. The van der Waals surface area contributed by atoms with E-state index in [2.05, 4.69) is 4.74 Å². The molecule has 0 unspecified atom stereocenters. The number of hydrogen-bond donors (Lipinski definition) is 0. The standard InChI is InChI=1S/C8H11F3O2/c9-8(10,11)5-7(13-6-12)3-1-2-4-7/h6H,1-5H2. The summed E-state index contributed by atoms with van der Waals surface area (Å²) in [7, 11) is 0. The van der Waals surface area contributed by atoms with Crippen molar-refractivity contribution in [2.75, 3.05) is 0 Å². The monoisotopic (exact) mass is 196 g/mol. The molecular formula is C8H11F3O2. The van der Waals surface area contributed by atoms with Gasteiger partial charge in [0.15, 0.2) is 0 Å². The van der Waals surface area contributed by atoms with Gasteiger partial charge in [0, 0.05) is 0 Å². The van der Waals surface area contributed by atoms with Crippen molar-refractivity contribution < 1.29 is 22.7 Å². The van der Waals surface area contributed by atoms with E-state index in [0.29, 0.717) is 25.7 Å². The van der Waals surface area contributed by atoms with Crippen LogP contribution in [0.2, 0.25) is 0 Å². The smallest absolute Gasteiger partial charge is 0.392 e. The van der Waals surface area contributed by atoms with E-state index in [0.717, 1.165) is 0 Å². The highest BCUT2D eigenvalue weighted by atomic mass is 19.4. The molecule has 1 rings (SSSR count). The molecule has 0 amide bonds. The third kappa shape index (κ3) is 2.90. The van der Waals surface area contributed by atoms with Crippen molar-refractivity contribution in [2.45, 2.75) is 43.9 Å². The molecule has 1 aliphatic carbocycles. The Hall–Kier alpha value is -0.740. The molecule has 0 aliphatic heterocycles. The lowest BCUT2D eigenvalue weighted by molar-refractivity contribution is -0.186. The van der Waals surface area contributed by atoms with Crippen molar-refractivity contribution in [3.8, 4) is 0 Å². The fourth-order valence-corrected chi connectivity index (χ4v) is 1.82. The number of rotatable bonds is 3. The number of alkyl halides is 3. The summed E-state index contributed by atoms with van der Waals surface area (Å²) >= 11 is 0. The fourth-order valence-electron chi connectivity index (χ4n) is 1.82. The van der Waals surface area contributed by atoms with E-state index in [-0.39, 0.29) is 6.47 Å². The Morgan fingerprint density at radius 2 is 1.85 bits per heavy atom. The zero-order valence-electron chi connectivity index (χ0n) is 7.06. The van der Waals surface area contributed by atoms with Crippen LogP contribution in [-0.2, 0) is 9.53 Å². The molecule has 0 atom stereocenters. The molecule has 1 fully saturated rings. The van der Waals surface area contributed by atoms with Crippen molar-refractivity contribution in [2.24, 2.45) is 0 Å². The van der Waals surface area contributed by atoms with Gasteiger partial charge in [0.2, 0.25) is 0 Å². The van der Waals surface area contributed by atoms with Crippen LogP contribution in [0.1, 0.15) is 32.1 Å². The first-order chi connectivity index (χ1) is 5.97. The minimum atomic E-state index is -4.26. The Morgan fingerprint density at radius 3 is 2.23 bits per heavy atom. The van der Waals surface area contributed by atoms with Crippen LogP contribution < -0.4 is 0 Å². The summed E-state index contributed by atoms with van der Waals surface area (Å²) in [5.41, 5.74) is -1.26. The zero-order valence-corrected chi connectivity index (χ0v) is 7.06. The van der Waals surface area contributed by atoms with Crippen LogP contribution in [0.3, 0.4) is 0 Å². The van der Waals surface area contributed by atoms with Gasteiger partial charge in [-0.2, -0.15) is 13.2 Å². The van der Waals surface area contributed by atoms with Crippen LogP contribution in [0.25, 0.3) is 0 Å². The lowest BCUT2D eigenvalue weighted by atomic mass is 9.97. The van der Waals surface area contributed by atoms with E-state index in [1.165, 1.54) is 0 Å². The fraction of sp³-hybridized carbons (Fsp3) is 0.875. The SMILES string of the molecule is O=COC1(CC(F)(F)F)CCCC1. The molecule has 0 heterocycles. The number of hydrogen-bond acceptors (Lipinski definition) is 2. The first kappa shape index (κ1) is 10.3. The summed E-state index contributed by atoms with van der Waals surface area (Å²) in [4.78, 5) is 10.1. The number of carbonyl (C=O) groups excluding carboxylic acids is 1. The average molecular weight is 196 g/mol. The van der Waals surface area contributed by atoms with Crippen LogP contribution in [0, 0.1) is 0 Å². The lowest BCUT2D eigenvalue weighted by Crippen LogP contribution is -2.34. The first-order valence-corrected chi connectivity index (χ1v) is 4.16. The van der Waals surface area contributed by atoms with Crippen molar-refractivity contribution in [1.82, 2.24) is 0 Å². The molecule has 0 aromatic carbocycles. The molecule has 5 heteroatoms. The average Bonchev–Trinajstić information content (AvgIpc) is 2.33. The molecular weight excluding hydrogens is 185 g/mol. The quantitative estimate of drug-likeness (QED) is 0.648. The van der Waals surface area contributed by atoms with Gasteiger partial charge in [0.25, 0.3) is 6.47 Å². The topological polar surface area (TPSA) is 26.3 Å². The normalized spacial score (nSPS) is 21.5. The molecule has 0 aromatic heterocycles. The van der Waals surface area contributed by atoms with E-state index in [1.807, 2.05) is 0 Å². The second kappa shape index (κ2) is 3.55. The van der Waals surface area contributed by atoms with E-state index < -0.39 is 18.2 Å². The first-order valence-electron chi connectivity index (χ1n) is 4.16. The van der Waals surface area contributed by atoms with E-state index in [4.69, 9.17) is 0 Å². The highest BCUT2D eigenvalue weighted by Crippen LogP contribution is 2.41. The van der Waals surface area contributed by atoms with Gasteiger partial charge in [-0.1, -0.05) is 0 Å². The van der Waals surface area contributed by atoms with Crippen molar-refractivity contribution in [3.05, 3.63) is 0 Å². The Morgan fingerprint density at radius 1 is 1.31 bits per heavy atom. The van der Waals surface area contributed by atoms with Crippen molar-refractivity contribution >= 4 is 6.47 Å². The second-order valence-electron chi connectivity index (χ2n) is 3.40. The Kier molecular flexibility index (Phi) is 2.83. The predicted molar refractivity (Wildman–Crippen MR) is 39.0 cm³/mol. The molecule has 1 saturated carbocycles. The highest BCUT2D eigenvalue weighted by Gasteiger charge is 2.45. The maximum Gasteiger partial charge on any atom is 0.392 e. The molecule has 1 aliphatic rings. The number of halogens is 3. The summed E-state index contributed by atoms with van der Waals surface area (Å²) in [6.45, 7) is 0.122. The maximum atomic E-state index is 12.1. The van der Waals surface area contributed by atoms with Gasteiger partial charge in [-0.3, -0.25) is 4.79 Å². The molecule has 0 saturated heterocycles. The van der Waals surface area contributed by atoms with Crippen LogP contribution in [-0.4, -0.2) is 18.2 Å². The van der Waals surface area contributed by atoms with Gasteiger partial charge in [0.1, 0.15) is 5.60 Å². The maximum absolute atomic E-state index is 12.1. The van der Waals surface area contributed by atoms with Crippen LogP contribution >= 0.6 is 0 Å². The minimum absolute atomic E-state index is 0.122. The molecule has 0 aromatic rings. The molecule has 0 N–H and O–H groups in total. The second-order valence-corrected chi connectivity index (χ2v) is 3.40. The molecule has 13 heavy (non-hydrogen) atoms. The molecule has 76 valence electrons. The zero-order chi connectivity index (χ0) is 9.95. The van der Waals surface area contributed by atoms with Gasteiger partial charge in [-0.15, -0.1) is 0 Å². The summed E-state index contributed by atoms with van der Waals surface area (Å²) in [5.74, 6) is 0. The van der Waals surface area contributed by atoms with Crippen molar-refractivity contribution in [3.63, 3.8) is 0 Å².